The molecule has 67 valence electrons. The Morgan fingerprint density at radius 2 is 2.15 bits per heavy atom. The molecule has 0 aliphatic rings. The van der Waals surface area contributed by atoms with Crippen molar-refractivity contribution in [2.45, 2.75) is 0 Å². The molecular formula is C9H7INO2. The molecule has 13 heavy (non-hydrogen) atoms. The molecule has 1 amide bonds. The summed E-state index contributed by atoms with van der Waals surface area (Å²) in [6.07, 6.45) is 1.76. The Morgan fingerprint density at radius 1 is 1.46 bits per heavy atom. The molecular weight excluding hydrogens is 281 g/mol. The van der Waals surface area contributed by atoms with Crippen LogP contribution >= 0.6 is 22.6 Å². The highest BCUT2D eigenvalue weighted by Gasteiger charge is 2.03. The van der Waals surface area contributed by atoms with Crippen molar-refractivity contribution in [3.05, 3.63) is 29.8 Å². The molecule has 0 saturated heterocycles. The van der Waals surface area contributed by atoms with E-state index < -0.39 is 0 Å². The van der Waals surface area contributed by atoms with Gasteiger partial charge in [-0.2, -0.15) is 0 Å². The number of amides is 1. The lowest BCUT2D eigenvalue weighted by Crippen LogP contribution is -2.13. The predicted molar refractivity (Wildman–Crippen MR) is 58.8 cm³/mol. The normalized spacial score (nSPS) is 9.31. The van der Waals surface area contributed by atoms with Crippen LogP contribution in [-0.4, -0.2) is 16.6 Å². The van der Waals surface area contributed by atoms with Crippen molar-refractivity contribution >= 4 is 40.5 Å². The maximum Gasteiger partial charge on any atom is 0.235 e. The van der Waals surface area contributed by atoms with E-state index in [0.717, 1.165) is 0 Å². The first kappa shape index (κ1) is 10.2. The molecule has 0 fully saturated rings. The molecule has 0 aliphatic carbocycles. The zero-order valence-corrected chi connectivity index (χ0v) is 8.87. The number of hydrogen-bond donors (Lipinski definition) is 1. The first-order valence-corrected chi connectivity index (χ1v) is 5.13. The van der Waals surface area contributed by atoms with Crippen molar-refractivity contribution in [3.8, 4) is 0 Å². The van der Waals surface area contributed by atoms with Crippen LogP contribution in [-0.2, 0) is 9.59 Å². The number of carbonyl (C=O) groups excluding carboxylic acids is 2. The number of rotatable bonds is 3. The summed E-state index contributed by atoms with van der Waals surface area (Å²) >= 11 is 1.95. The Hall–Kier alpha value is -0.910. The van der Waals surface area contributed by atoms with Gasteiger partial charge in [-0.15, -0.1) is 0 Å². The van der Waals surface area contributed by atoms with Gasteiger partial charge >= 0.3 is 0 Å². The Morgan fingerprint density at radius 3 is 2.77 bits per heavy atom. The van der Waals surface area contributed by atoms with Crippen LogP contribution in [0.25, 0.3) is 0 Å². The number of nitrogens with one attached hydrogen (secondary N) is 1. The van der Waals surface area contributed by atoms with E-state index in [1.54, 1.807) is 30.6 Å². The van der Waals surface area contributed by atoms with Gasteiger partial charge in [-0.3, -0.25) is 9.59 Å². The summed E-state index contributed by atoms with van der Waals surface area (Å²) in [6.45, 7) is 0. The van der Waals surface area contributed by atoms with Gasteiger partial charge in [0.05, 0.1) is 10.1 Å². The van der Waals surface area contributed by atoms with E-state index in [9.17, 15) is 9.59 Å². The molecule has 1 aromatic carbocycles. The van der Waals surface area contributed by atoms with Gasteiger partial charge in [0, 0.05) is 5.56 Å². The highest BCUT2D eigenvalue weighted by molar-refractivity contribution is 14.1. The average Bonchev–Trinajstić information content (AvgIpc) is 2.18. The number of para-hydroxylation sites is 1. The molecule has 0 aliphatic heterocycles. The number of carbonyl (C=O) groups is 1. The van der Waals surface area contributed by atoms with Gasteiger partial charge in [-0.1, -0.05) is 34.7 Å². The highest BCUT2D eigenvalue weighted by atomic mass is 127. The minimum absolute atomic E-state index is 0.122. The molecule has 0 spiro atoms. The minimum Gasteiger partial charge on any atom is -0.325 e. The van der Waals surface area contributed by atoms with Crippen LogP contribution in [0.5, 0.6) is 0 Å². The van der Waals surface area contributed by atoms with E-state index in [1.165, 1.54) is 0 Å². The first-order valence-electron chi connectivity index (χ1n) is 3.61. The zero-order valence-electron chi connectivity index (χ0n) is 6.71. The van der Waals surface area contributed by atoms with Crippen molar-refractivity contribution < 1.29 is 9.59 Å². The van der Waals surface area contributed by atoms with Crippen LogP contribution in [0.4, 0.5) is 5.69 Å². The maximum absolute atomic E-state index is 11.0. The smallest absolute Gasteiger partial charge is 0.235 e. The lowest BCUT2D eigenvalue weighted by Gasteiger charge is -2.04. The van der Waals surface area contributed by atoms with Gasteiger partial charge in [-0.25, -0.2) is 0 Å². The number of halogens is 1. The number of alkyl halides is 1. The Balaban J connectivity index is 2.87. The van der Waals surface area contributed by atoms with Gasteiger partial charge in [0.1, 0.15) is 0 Å². The van der Waals surface area contributed by atoms with Crippen LogP contribution in [0.1, 0.15) is 5.56 Å². The molecule has 0 bridgehead atoms. The minimum atomic E-state index is -0.122. The third-order valence-corrected chi connectivity index (χ3v) is 2.13. The lowest BCUT2D eigenvalue weighted by atomic mass is 10.2. The van der Waals surface area contributed by atoms with Gasteiger partial charge in [0.25, 0.3) is 0 Å². The Labute approximate surface area is 89.7 Å². The average molecular weight is 288 g/mol. The largest absolute Gasteiger partial charge is 0.325 e. The van der Waals surface area contributed by atoms with Gasteiger partial charge in [-0.05, 0) is 12.1 Å². The summed E-state index contributed by atoms with van der Waals surface area (Å²) in [5.41, 5.74) is 0.889. The molecule has 0 aromatic heterocycles. The van der Waals surface area contributed by atoms with E-state index in [2.05, 4.69) is 5.32 Å². The van der Waals surface area contributed by atoms with E-state index >= 15 is 0 Å². The third kappa shape index (κ3) is 2.80. The van der Waals surface area contributed by atoms with Gasteiger partial charge < -0.3 is 5.32 Å². The molecule has 1 rings (SSSR count). The lowest BCUT2D eigenvalue weighted by molar-refractivity contribution is -0.113. The molecule has 1 N–H and O–H groups in total. The summed E-state index contributed by atoms with van der Waals surface area (Å²) in [6, 6.07) is 6.75. The van der Waals surface area contributed by atoms with Crippen molar-refractivity contribution in [2.24, 2.45) is 0 Å². The number of hydrogen-bond acceptors (Lipinski definition) is 2. The van der Waals surface area contributed by atoms with E-state index in [1.807, 2.05) is 22.6 Å². The summed E-state index contributed by atoms with van der Waals surface area (Å²) in [4.78, 5) is 21.4. The Kier molecular flexibility index (Phi) is 3.88. The number of benzene rings is 1. The quantitative estimate of drug-likeness (QED) is 0.677. The molecule has 0 unspecified atom stereocenters. The van der Waals surface area contributed by atoms with E-state index in [0.29, 0.717) is 15.7 Å². The van der Waals surface area contributed by atoms with Crippen molar-refractivity contribution in [2.75, 3.05) is 9.74 Å². The van der Waals surface area contributed by atoms with Crippen LogP contribution in [0.2, 0.25) is 0 Å². The van der Waals surface area contributed by atoms with Crippen molar-refractivity contribution in [1.82, 2.24) is 0 Å². The van der Waals surface area contributed by atoms with Crippen LogP contribution in [0, 0.1) is 0 Å². The fourth-order valence-corrected chi connectivity index (χ4v) is 1.06. The SMILES string of the molecule is O=[C]c1ccccc1NC(=O)CI. The second-order valence-electron chi connectivity index (χ2n) is 2.33. The summed E-state index contributed by atoms with van der Waals surface area (Å²) in [5.74, 6) is -0.122. The summed E-state index contributed by atoms with van der Waals surface area (Å²) in [7, 11) is 0. The molecule has 4 heteroatoms. The monoisotopic (exact) mass is 288 g/mol. The summed E-state index contributed by atoms with van der Waals surface area (Å²) in [5, 5.41) is 2.60. The van der Waals surface area contributed by atoms with Crippen molar-refractivity contribution in [3.63, 3.8) is 0 Å². The second kappa shape index (κ2) is 4.96. The molecule has 0 heterocycles. The van der Waals surface area contributed by atoms with Crippen molar-refractivity contribution in [1.29, 1.82) is 0 Å². The molecule has 1 aromatic rings. The fraction of sp³-hybridized carbons (Fsp3) is 0.111. The van der Waals surface area contributed by atoms with Crippen LogP contribution < -0.4 is 5.32 Å². The third-order valence-electron chi connectivity index (χ3n) is 1.43. The van der Waals surface area contributed by atoms with E-state index in [-0.39, 0.29) is 5.91 Å². The van der Waals surface area contributed by atoms with Crippen LogP contribution in [0.15, 0.2) is 24.3 Å². The topological polar surface area (TPSA) is 46.2 Å². The van der Waals surface area contributed by atoms with Gasteiger partial charge in [0.15, 0.2) is 0 Å². The molecule has 3 nitrogen and oxygen atoms in total. The Bertz CT molecular complexity index is 325. The first-order chi connectivity index (χ1) is 6.27. The van der Waals surface area contributed by atoms with E-state index in [4.69, 9.17) is 0 Å². The second-order valence-corrected chi connectivity index (χ2v) is 3.09. The molecule has 0 atom stereocenters. The fourth-order valence-electron chi connectivity index (χ4n) is 0.865. The maximum atomic E-state index is 11.0. The zero-order chi connectivity index (χ0) is 9.68. The highest BCUT2D eigenvalue weighted by Crippen LogP contribution is 2.12. The summed E-state index contributed by atoms with van der Waals surface area (Å²) < 4.78 is 0.366. The standard InChI is InChI=1S/C9H7INO2/c10-5-9(13)11-8-4-2-1-3-7(8)6-12/h1-4H,5H2,(H,11,13). The van der Waals surface area contributed by atoms with Crippen LogP contribution in [0.3, 0.4) is 0 Å². The predicted octanol–water partition coefficient (Wildman–Crippen LogP) is 1.52. The molecule has 1 radical (unpaired) electrons. The molecule has 0 saturated carbocycles. The van der Waals surface area contributed by atoms with Gasteiger partial charge in [0.2, 0.25) is 12.2 Å². The number of anilines is 1.